The molecular formula is C9H19F3N2. The molecule has 0 radical (unpaired) electrons. The smallest absolute Gasteiger partial charge is 0.324 e. The van der Waals surface area contributed by atoms with Crippen LogP contribution < -0.4 is 11.1 Å². The van der Waals surface area contributed by atoms with Gasteiger partial charge in [0.25, 0.3) is 0 Å². The van der Waals surface area contributed by atoms with Gasteiger partial charge in [0.2, 0.25) is 0 Å². The molecule has 0 saturated carbocycles. The minimum absolute atomic E-state index is 0.0556. The number of nitrogens with one attached hydrogen (secondary N) is 1. The van der Waals surface area contributed by atoms with Crippen LogP contribution in [0.25, 0.3) is 0 Å². The quantitative estimate of drug-likeness (QED) is 0.661. The second kappa shape index (κ2) is 5.56. The molecule has 0 aliphatic heterocycles. The number of rotatable bonds is 6. The van der Waals surface area contributed by atoms with Gasteiger partial charge < -0.3 is 11.1 Å². The zero-order valence-corrected chi connectivity index (χ0v) is 8.75. The van der Waals surface area contributed by atoms with E-state index in [2.05, 4.69) is 5.32 Å². The van der Waals surface area contributed by atoms with E-state index in [-0.39, 0.29) is 6.54 Å². The predicted octanol–water partition coefficient (Wildman–Crippen LogP) is 2.05. The van der Waals surface area contributed by atoms with E-state index in [1.165, 1.54) is 0 Å². The lowest BCUT2D eigenvalue weighted by Crippen LogP contribution is -2.46. The molecule has 0 aliphatic carbocycles. The highest BCUT2D eigenvalue weighted by Gasteiger charge is 2.26. The van der Waals surface area contributed by atoms with Gasteiger partial charge in [-0.15, -0.1) is 0 Å². The molecule has 0 aromatic heterocycles. The first kappa shape index (κ1) is 13.7. The van der Waals surface area contributed by atoms with Crippen LogP contribution in [0.15, 0.2) is 0 Å². The monoisotopic (exact) mass is 212 g/mol. The molecule has 0 heterocycles. The van der Waals surface area contributed by atoms with E-state index in [0.717, 1.165) is 12.8 Å². The number of hydrogen-bond acceptors (Lipinski definition) is 2. The first-order valence-electron chi connectivity index (χ1n) is 4.83. The highest BCUT2D eigenvalue weighted by atomic mass is 19.4. The fourth-order valence-electron chi connectivity index (χ4n) is 1.26. The van der Waals surface area contributed by atoms with Crippen LogP contribution in [0.3, 0.4) is 0 Å². The Labute approximate surface area is 83.0 Å². The molecule has 0 aliphatic rings. The molecule has 0 aromatic rings. The first-order chi connectivity index (χ1) is 6.27. The fraction of sp³-hybridized carbons (Fsp3) is 1.00. The lowest BCUT2D eigenvalue weighted by atomic mass is 9.98. The van der Waals surface area contributed by atoms with E-state index in [4.69, 9.17) is 5.73 Å². The van der Waals surface area contributed by atoms with Crippen molar-refractivity contribution >= 4 is 0 Å². The Bertz CT molecular complexity index is 155. The molecule has 3 N–H and O–H groups in total. The van der Waals surface area contributed by atoms with E-state index in [0.29, 0.717) is 6.54 Å². The van der Waals surface area contributed by atoms with Gasteiger partial charge in [-0.3, -0.25) is 0 Å². The lowest BCUT2D eigenvalue weighted by Gasteiger charge is -2.24. The van der Waals surface area contributed by atoms with Gasteiger partial charge in [-0.05, 0) is 13.3 Å². The predicted molar refractivity (Wildman–Crippen MR) is 51.0 cm³/mol. The van der Waals surface area contributed by atoms with E-state index < -0.39 is 18.1 Å². The van der Waals surface area contributed by atoms with E-state index in [1.54, 1.807) is 0 Å². The van der Waals surface area contributed by atoms with E-state index >= 15 is 0 Å². The van der Waals surface area contributed by atoms with Crippen LogP contribution in [-0.4, -0.2) is 24.8 Å². The minimum atomic E-state index is -4.08. The Kier molecular flexibility index (Phi) is 5.44. The van der Waals surface area contributed by atoms with Crippen LogP contribution in [-0.2, 0) is 0 Å². The average molecular weight is 212 g/mol. The third-order valence-electron chi connectivity index (χ3n) is 1.94. The minimum Gasteiger partial charge on any atom is -0.324 e. The van der Waals surface area contributed by atoms with Crippen LogP contribution in [0.2, 0.25) is 0 Å². The van der Waals surface area contributed by atoms with Crippen LogP contribution in [0.4, 0.5) is 13.2 Å². The van der Waals surface area contributed by atoms with Gasteiger partial charge in [0.05, 0.1) is 6.42 Å². The summed E-state index contributed by atoms with van der Waals surface area (Å²) in [5.74, 6) is 0. The molecule has 0 fully saturated rings. The number of halogens is 3. The van der Waals surface area contributed by atoms with E-state index in [1.807, 2.05) is 13.8 Å². The molecule has 1 atom stereocenters. The van der Waals surface area contributed by atoms with Crippen LogP contribution in [0.1, 0.15) is 33.1 Å². The van der Waals surface area contributed by atoms with Crippen molar-refractivity contribution in [1.29, 1.82) is 0 Å². The van der Waals surface area contributed by atoms with Gasteiger partial charge in [-0.2, -0.15) is 13.2 Å². The summed E-state index contributed by atoms with van der Waals surface area (Å²) in [4.78, 5) is 0. The molecular weight excluding hydrogens is 193 g/mol. The summed E-state index contributed by atoms with van der Waals surface area (Å²) in [6, 6.07) is 0. The maximum Gasteiger partial charge on any atom is 0.390 e. The number of nitrogens with two attached hydrogens (primary N) is 1. The van der Waals surface area contributed by atoms with Crippen molar-refractivity contribution in [3.63, 3.8) is 0 Å². The maximum absolute atomic E-state index is 11.8. The Morgan fingerprint density at radius 3 is 2.21 bits per heavy atom. The Balaban J connectivity index is 3.54. The highest BCUT2D eigenvalue weighted by Crippen LogP contribution is 2.18. The summed E-state index contributed by atoms with van der Waals surface area (Å²) in [5, 5.41) is 2.72. The molecule has 0 saturated heterocycles. The molecule has 1 unspecified atom stereocenters. The van der Waals surface area contributed by atoms with Crippen molar-refractivity contribution in [3.05, 3.63) is 0 Å². The standard InChI is InChI=1S/C9H19F3N2/c1-3-4-8(2,13)7-14-6-5-9(10,11)12/h14H,3-7,13H2,1-2H3. The molecule has 14 heavy (non-hydrogen) atoms. The number of alkyl halides is 3. The lowest BCUT2D eigenvalue weighted by molar-refractivity contribution is -0.133. The summed E-state index contributed by atoms with van der Waals surface area (Å²) in [6.07, 6.45) is -3.13. The van der Waals surface area contributed by atoms with Gasteiger partial charge in [0.15, 0.2) is 0 Å². The molecule has 5 heteroatoms. The van der Waals surface area contributed by atoms with Gasteiger partial charge >= 0.3 is 6.18 Å². The van der Waals surface area contributed by atoms with Crippen molar-refractivity contribution in [2.24, 2.45) is 5.73 Å². The molecule has 0 spiro atoms. The fourth-order valence-corrected chi connectivity index (χ4v) is 1.26. The molecule has 0 amide bonds. The summed E-state index contributed by atoms with van der Waals surface area (Å²) in [6.45, 7) is 4.22. The Morgan fingerprint density at radius 1 is 1.21 bits per heavy atom. The highest BCUT2D eigenvalue weighted by molar-refractivity contribution is 4.80. The maximum atomic E-state index is 11.8. The Morgan fingerprint density at radius 2 is 1.79 bits per heavy atom. The van der Waals surface area contributed by atoms with Crippen LogP contribution >= 0.6 is 0 Å². The topological polar surface area (TPSA) is 38.0 Å². The van der Waals surface area contributed by atoms with E-state index in [9.17, 15) is 13.2 Å². The summed E-state index contributed by atoms with van der Waals surface area (Å²) in [5.41, 5.74) is 5.43. The molecule has 0 aromatic carbocycles. The van der Waals surface area contributed by atoms with Gasteiger partial charge in [0.1, 0.15) is 0 Å². The van der Waals surface area contributed by atoms with Gasteiger partial charge in [0, 0.05) is 18.6 Å². The molecule has 0 rings (SSSR count). The normalized spacial score (nSPS) is 16.7. The third kappa shape index (κ3) is 8.31. The second-order valence-corrected chi connectivity index (χ2v) is 3.95. The van der Waals surface area contributed by atoms with Crippen molar-refractivity contribution in [3.8, 4) is 0 Å². The zero-order chi connectivity index (χ0) is 11.2. The molecule has 0 bridgehead atoms. The van der Waals surface area contributed by atoms with Crippen molar-refractivity contribution in [1.82, 2.24) is 5.32 Å². The zero-order valence-electron chi connectivity index (χ0n) is 8.75. The molecule has 86 valence electrons. The third-order valence-corrected chi connectivity index (χ3v) is 1.94. The van der Waals surface area contributed by atoms with Crippen molar-refractivity contribution in [2.75, 3.05) is 13.1 Å². The first-order valence-corrected chi connectivity index (χ1v) is 4.83. The van der Waals surface area contributed by atoms with Crippen LogP contribution in [0.5, 0.6) is 0 Å². The largest absolute Gasteiger partial charge is 0.390 e. The Hall–Kier alpha value is -0.290. The second-order valence-electron chi connectivity index (χ2n) is 3.95. The van der Waals surface area contributed by atoms with Crippen molar-refractivity contribution < 1.29 is 13.2 Å². The van der Waals surface area contributed by atoms with Crippen molar-refractivity contribution in [2.45, 2.75) is 44.8 Å². The average Bonchev–Trinajstić information content (AvgIpc) is 1.96. The van der Waals surface area contributed by atoms with Gasteiger partial charge in [-0.25, -0.2) is 0 Å². The SMILES string of the molecule is CCCC(C)(N)CNCCC(F)(F)F. The number of hydrogen-bond donors (Lipinski definition) is 2. The molecule has 2 nitrogen and oxygen atoms in total. The van der Waals surface area contributed by atoms with Gasteiger partial charge in [-0.1, -0.05) is 13.3 Å². The summed E-state index contributed by atoms with van der Waals surface area (Å²) >= 11 is 0. The van der Waals surface area contributed by atoms with Crippen LogP contribution in [0, 0.1) is 0 Å². The summed E-state index contributed by atoms with van der Waals surface area (Å²) in [7, 11) is 0. The summed E-state index contributed by atoms with van der Waals surface area (Å²) < 4.78 is 35.3.